The van der Waals surface area contributed by atoms with Crippen LogP contribution < -0.4 is 0 Å². The van der Waals surface area contributed by atoms with E-state index in [9.17, 15) is 4.79 Å². The highest BCUT2D eigenvalue weighted by molar-refractivity contribution is 5.77. The van der Waals surface area contributed by atoms with E-state index in [4.69, 9.17) is 0 Å². The molecule has 16 heavy (non-hydrogen) atoms. The summed E-state index contributed by atoms with van der Waals surface area (Å²) in [7, 11) is 0. The minimum Gasteiger partial charge on any atom is -0.371 e. The van der Waals surface area contributed by atoms with Gasteiger partial charge in [-0.05, 0) is 31.5 Å². The number of hydrogen-bond acceptors (Lipinski definition) is 2. The monoisotopic (exact) mass is 217 g/mol. The van der Waals surface area contributed by atoms with Crippen LogP contribution in [-0.2, 0) is 11.2 Å². The zero-order valence-corrected chi connectivity index (χ0v) is 9.86. The molecule has 0 unspecified atom stereocenters. The van der Waals surface area contributed by atoms with Crippen LogP contribution in [0.4, 0.5) is 0 Å². The molecule has 0 saturated carbocycles. The van der Waals surface area contributed by atoms with Crippen molar-refractivity contribution in [3.63, 3.8) is 0 Å². The molecule has 0 heterocycles. The van der Waals surface area contributed by atoms with Crippen LogP contribution in [0.5, 0.6) is 0 Å². The lowest BCUT2D eigenvalue weighted by molar-refractivity contribution is -0.117. The molecule has 0 fully saturated rings. The SMILES string of the molecule is C=CN(CCCc1ccccc1)CC(C)=O. The maximum atomic E-state index is 11.0. The first-order valence-electron chi connectivity index (χ1n) is 5.62. The van der Waals surface area contributed by atoms with Gasteiger partial charge in [-0.1, -0.05) is 36.9 Å². The standard InChI is InChI=1S/C14H19NO/c1-3-15(12-13(2)16)11-7-10-14-8-5-4-6-9-14/h3-6,8-9H,1,7,10-12H2,2H3. The lowest BCUT2D eigenvalue weighted by Gasteiger charge is -2.17. The van der Waals surface area contributed by atoms with Crippen LogP contribution in [0.25, 0.3) is 0 Å². The molecular formula is C14H19NO. The smallest absolute Gasteiger partial charge is 0.149 e. The van der Waals surface area contributed by atoms with Gasteiger partial charge in [0.05, 0.1) is 6.54 Å². The van der Waals surface area contributed by atoms with Gasteiger partial charge in [-0.2, -0.15) is 0 Å². The lowest BCUT2D eigenvalue weighted by atomic mass is 10.1. The van der Waals surface area contributed by atoms with Crippen LogP contribution in [0.3, 0.4) is 0 Å². The molecule has 2 heteroatoms. The van der Waals surface area contributed by atoms with Crippen LogP contribution in [0.2, 0.25) is 0 Å². The zero-order valence-electron chi connectivity index (χ0n) is 9.86. The summed E-state index contributed by atoms with van der Waals surface area (Å²) >= 11 is 0. The van der Waals surface area contributed by atoms with Gasteiger partial charge in [0.1, 0.15) is 5.78 Å². The van der Waals surface area contributed by atoms with Crippen molar-refractivity contribution in [1.29, 1.82) is 0 Å². The van der Waals surface area contributed by atoms with E-state index < -0.39 is 0 Å². The van der Waals surface area contributed by atoms with Gasteiger partial charge in [0.15, 0.2) is 0 Å². The van der Waals surface area contributed by atoms with Crippen LogP contribution >= 0.6 is 0 Å². The van der Waals surface area contributed by atoms with Crippen molar-refractivity contribution < 1.29 is 4.79 Å². The predicted molar refractivity (Wildman–Crippen MR) is 67.2 cm³/mol. The number of carbonyl (C=O) groups is 1. The number of aryl methyl sites for hydroxylation is 1. The first-order valence-corrected chi connectivity index (χ1v) is 5.62. The maximum Gasteiger partial charge on any atom is 0.149 e. The van der Waals surface area contributed by atoms with Crippen LogP contribution in [-0.4, -0.2) is 23.8 Å². The first-order chi connectivity index (χ1) is 7.72. The van der Waals surface area contributed by atoms with Crippen molar-refractivity contribution >= 4 is 5.78 Å². The molecule has 0 amide bonds. The Morgan fingerprint density at radius 2 is 2.06 bits per heavy atom. The Labute approximate surface area is 97.6 Å². The molecule has 0 N–H and O–H groups in total. The minimum atomic E-state index is 0.180. The largest absolute Gasteiger partial charge is 0.371 e. The van der Waals surface area contributed by atoms with Crippen molar-refractivity contribution in [2.75, 3.05) is 13.1 Å². The van der Waals surface area contributed by atoms with Crippen molar-refractivity contribution in [2.45, 2.75) is 19.8 Å². The number of rotatable bonds is 7. The number of nitrogens with zero attached hydrogens (tertiary/aromatic N) is 1. The van der Waals surface area contributed by atoms with Gasteiger partial charge in [-0.3, -0.25) is 4.79 Å². The summed E-state index contributed by atoms with van der Waals surface area (Å²) in [6.07, 6.45) is 3.83. The summed E-state index contributed by atoms with van der Waals surface area (Å²) in [4.78, 5) is 12.9. The Hall–Kier alpha value is -1.57. The van der Waals surface area contributed by atoms with E-state index in [1.807, 2.05) is 11.0 Å². The van der Waals surface area contributed by atoms with E-state index in [0.29, 0.717) is 6.54 Å². The third-order valence-electron chi connectivity index (χ3n) is 2.44. The van der Waals surface area contributed by atoms with Gasteiger partial charge in [-0.25, -0.2) is 0 Å². The fourth-order valence-corrected chi connectivity index (χ4v) is 1.65. The lowest BCUT2D eigenvalue weighted by Crippen LogP contribution is -2.24. The second-order valence-electron chi connectivity index (χ2n) is 3.94. The molecule has 2 nitrogen and oxygen atoms in total. The summed E-state index contributed by atoms with van der Waals surface area (Å²) in [5.41, 5.74) is 1.34. The molecule has 86 valence electrons. The molecule has 1 rings (SSSR count). The average molecular weight is 217 g/mol. The van der Waals surface area contributed by atoms with E-state index >= 15 is 0 Å². The number of ketones is 1. The number of carbonyl (C=O) groups excluding carboxylic acids is 1. The predicted octanol–water partition coefficient (Wildman–Crippen LogP) is 2.65. The van der Waals surface area contributed by atoms with Crippen LogP contribution in [0.1, 0.15) is 18.9 Å². The van der Waals surface area contributed by atoms with Crippen molar-refractivity contribution in [2.24, 2.45) is 0 Å². The summed E-state index contributed by atoms with van der Waals surface area (Å²) in [6.45, 7) is 6.68. The third-order valence-corrected chi connectivity index (χ3v) is 2.44. The van der Waals surface area contributed by atoms with Gasteiger partial charge in [0.2, 0.25) is 0 Å². The number of hydrogen-bond donors (Lipinski definition) is 0. The average Bonchev–Trinajstić information content (AvgIpc) is 2.28. The molecule has 0 atom stereocenters. The van der Waals surface area contributed by atoms with E-state index in [-0.39, 0.29) is 5.78 Å². The highest BCUT2D eigenvalue weighted by Crippen LogP contribution is 2.03. The normalized spacial score (nSPS) is 9.81. The molecule has 0 bridgehead atoms. The molecule has 0 aromatic heterocycles. The summed E-state index contributed by atoms with van der Waals surface area (Å²) in [5, 5.41) is 0. The number of Topliss-reactive ketones (excluding diaryl/α,β-unsaturated/α-hetero) is 1. The molecule has 0 aliphatic rings. The van der Waals surface area contributed by atoms with Gasteiger partial charge >= 0.3 is 0 Å². The topological polar surface area (TPSA) is 20.3 Å². The molecule has 0 aliphatic carbocycles. The molecule has 0 aliphatic heterocycles. The summed E-state index contributed by atoms with van der Waals surface area (Å²) < 4.78 is 0. The fourth-order valence-electron chi connectivity index (χ4n) is 1.65. The summed E-state index contributed by atoms with van der Waals surface area (Å²) in [5.74, 6) is 0.180. The van der Waals surface area contributed by atoms with E-state index in [0.717, 1.165) is 19.4 Å². The molecule has 0 radical (unpaired) electrons. The third kappa shape index (κ3) is 4.78. The Kier molecular flexibility index (Phi) is 5.34. The van der Waals surface area contributed by atoms with E-state index in [1.54, 1.807) is 13.1 Å². The van der Waals surface area contributed by atoms with Gasteiger partial charge in [0.25, 0.3) is 0 Å². The van der Waals surface area contributed by atoms with Crippen molar-refractivity contribution in [3.05, 3.63) is 48.7 Å². The molecular weight excluding hydrogens is 198 g/mol. The fraction of sp³-hybridized carbons (Fsp3) is 0.357. The van der Waals surface area contributed by atoms with Gasteiger partial charge in [0, 0.05) is 6.54 Å². The second kappa shape index (κ2) is 6.83. The Morgan fingerprint density at radius 1 is 1.38 bits per heavy atom. The van der Waals surface area contributed by atoms with E-state index in [1.165, 1.54) is 5.56 Å². The van der Waals surface area contributed by atoms with Crippen molar-refractivity contribution in [3.8, 4) is 0 Å². The Morgan fingerprint density at radius 3 is 2.62 bits per heavy atom. The second-order valence-corrected chi connectivity index (χ2v) is 3.94. The molecule has 1 aromatic carbocycles. The zero-order chi connectivity index (χ0) is 11.8. The van der Waals surface area contributed by atoms with Crippen LogP contribution in [0, 0.1) is 0 Å². The Balaban J connectivity index is 2.28. The molecule has 0 saturated heterocycles. The molecule has 1 aromatic rings. The highest BCUT2D eigenvalue weighted by Gasteiger charge is 2.01. The minimum absolute atomic E-state index is 0.180. The number of benzene rings is 1. The van der Waals surface area contributed by atoms with Crippen molar-refractivity contribution in [1.82, 2.24) is 4.90 Å². The van der Waals surface area contributed by atoms with Gasteiger partial charge < -0.3 is 4.90 Å². The highest BCUT2D eigenvalue weighted by atomic mass is 16.1. The quantitative estimate of drug-likeness (QED) is 0.700. The Bertz CT molecular complexity index is 332. The van der Waals surface area contributed by atoms with Crippen LogP contribution in [0.15, 0.2) is 43.1 Å². The first kappa shape index (κ1) is 12.5. The maximum absolute atomic E-state index is 11.0. The molecule has 0 spiro atoms. The van der Waals surface area contributed by atoms with E-state index in [2.05, 4.69) is 30.8 Å². The van der Waals surface area contributed by atoms with Gasteiger partial charge in [-0.15, -0.1) is 0 Å². The summed E-state index contributed by atoms with van der Waals surface area (Å²) in [6, 6.07) is 10.4.